The Kier molecular flexibility index (Phi) is 4.30. The third-order valence-electron chi connectivity index (χ3n) is 4.97. The van der Waals surface area contributed by atoms with Crippen molar-refractivity contribution in [1.82, 2.24) is 4.90 Å². The Bertz CT molecular complexity index is 757. The summed E-state index contributed by atoms with van der Waals surface area (Å²) in [6, 6.07) is 7.63. The molecule has 4 nitrogen and oxygen atoms in total. The molecule has 0 aliphatic carbocycles. The van der Waals surface area contributed by atoms with Gasteiger partial charge in [-0.1, -0.05) is 13.0 Å². The summed E-state index contributed by atoms with van der Waals surface area (Å²) in [4.78, 5) is 14.1. The van der Waals surface area contributed by atoms with Gasteiger partial charge in [0.2, 0.25) is 0 Å². The number of likely N-dealkylation sites (tertiary alicyclic amines) is 1. The maximum Gasteiger partial charge on any atom is 0.336 e. The van der Waals surface area contributed by atoms with E-state index in [0.29, 0.717) is 5.58 Å². The molecule has 1 aromatic carbocycles. The lowest BCUT2D eigenvalue weighted by Crippen LogP contribution is -2.33. The molecule has 1 aliphatic heterocycles. The zero-order valence-electron chi connectivity index (χ0n) is 14.1. The minimum absolute atomic E-state index is 0.278. The minimum atomic E-state index is -0.651. The molecule has 1 aromatic heterocycles. The van der Waals surface area contributed by atoms with Crippen molar-refractivity contribution in [3.05, 3.63) is 45.8 Å². The molecule has 0 saturated carbocycles. The topological polar surface area (TPSA) is 53.7 Å². The first kappa shape index (κ1) is 16.2. The van der Waals surface area contributed by atoms with Crippen LogP contribution in [-0.4, -0.2) is 28.7 Å². The van der Waals surface area contributed by atoms with Crippen LogP contribution in [0.5, 0.6) is 0 Å². The number of aliphatic hydroxyl groups is 1. The lowest BCUT2D eigenvalue weighted by Gasteiger charge is -2.25. The molecule has 0 bridgehead atoms. The fourth-order valence-electron chi connectivity index (χ4n) is 3.42. The summed E-state index contributed by atoms with van der Waals surface area (Å²) in [6.07, 6.45) is 1.95. The van der Waals surface area contributed by atoms with Crippen molar-refractivity contribution in [3.63, 3.8) is 0 Å². The molecule has 124 valence electrons. The molecule has 0 spiro atoms. The Hall–Kier alpha value is -1.65. The molecule has 1 saturated heterocycles. The van der Waals surface area contributed by atoms with Gasteiger partial charge in [-0.05, 0) is 56.5 Å². The first-order valence-electron chi connectivity index (χ1n) is 8.37. The smallest absolute Gasteiger partial charge is 0.336 e. The molecule has 1 aliphatic rings. The number of fused-ring (bicyclic) bond motifs is 1. The molecule has 0 radical (unpaired) electrons. The van der Waals surface area contributed by atoms with Crippen LogP contribution in [-0.2, 0) is 13.0 Å². The number of nitrogens with zero attached hydrogens (tertiary/aromatic N) is 1. The predicted octanol–water partition coefficient (Wildman–Crippen LogP) is 2.95. The summed E-state index contributed by atoms with van der Waals surface area (Å²) in [7, 11) is 0. The van der Waals surface area contributed by atoms with Crippen LogP contribution in [0.4, 0.5) is 0 Å². The lowest BCUT2D eigenvalue weighted by molar-refractivity contribution is 0.0208. The maximum atomic E-state index is 11.8. The average Bonchev–Trinajstić information content (AvgIpc) is 2.95. The van der Waals surface area contributed by atoms with E-state index in [2.05, 4.69) is 17.9 Å². The van der Waals surface area contributed by atoms with E-state index in [1.165, 1.54) is 5.56 Å². The molecule has 1 unspecified atom stereocenters. The van der Waals surface area contributed by atoms with Gasteiger partial charge in [-0.25, -0.2) is 4.79 Å². The fraction of sp³-hybridized carbons (Fsp3) is 0.526. The highest BCUT2D eigenvalue weighted by Crippen LogP contribution is 2.29. The molecular weight excluding hydrogens is 290 g/mol. The van der Waals surface area contributed by atoms with Gasteiger partial charge in [-0.2, -0.15) is 0 Å². The summed E-state index contributed by atoms with van der Waals surface area (Å²) in [5, 5.41) is 11.2. The predicted molar refractivity (Wildman–Crippen MR) is 91.5 cm³/mol. The highest BCUT2D eigenvalue weighted by atomic mass is 16.4. The van der Waals surface area contributed by atoms with Crippen LogP contribution in [0.2, 0.25) is 0 Å². The standard InChI is InChI=1S/C19H25NO3/c1-4-13-5-6-17-16(9-13)14(10-18(21)23-17)11-20-8-7-15(12-20)19(2,3)22/h5-6,9-10,15,22H,4,7-8,11-12H2,1-3H3. The fourth-order valence-corrected chi connectivity index (χ4v) is 3.42. The van der Waals surface area contributed by atoms with Crippen LogP contribution in [0.1, 0.15) is 38.3 Å². The zero-order valence-corrected chi connectivity index (χ0v) is 14.1. The number of rotatable bonds is 4. The average molecular weight is 315 g/mol. The number of benzene rings is 1. The number of hydrogen-bond acceptors (Lipinski definition) is 4. The van der Waals surface area contributed by atoms with E-state index in [9.17, 15) is 9.90 Å². The van der Waals surface area contributed by atoms with E-state index in [-0.39, 0.29) is 11.5 Å². The summed E-state index contributed by atoms with van der Waals surface area (Å²) >= 11 is 0. The Morgan fingerprint density at radius 3 is 2.78 bits per heavy atom. The summed E-state index contributed by atoms with van der Waals surface area (Å²) < 4.78 is 5.33. The highest BCUT2D eigenvalue weighted by Gasteiger charge is 2.33. The van der Waals surface area contributed by atoms with Gasteiger partial charge in [0.05, 0.1) is 5.60 Å². The molecule has 4 heteroatoms. The molecule has 2 heterocycles. The van der Waals surface area contributed by atoms with Crippen LogP contribution in [0.3, 0.4) is 0 Å². The molecular formula is C19H25NO3. The van der Waals surface area contributed by atoms with Gasteiger partial charge >= 0.3 is 5.63 Å². The van der Waals surface area contributed by atoms with Crippen LogP contribution in [0, 0.1) is 5.92 Å². The molecule has 1 fully saturated rings. The third-order valence-corrected chi connectivity index (χ3v) is 4.97. The second-order valence-electron chi connectivity index (χ2n) is 7.15. The van der Waals surface area contributed by atoms with Gasteiger partial charge in [0, 0.05) is 30.5 Å². The largest absolute Gasteiger partial charge is 0.423 e. The van der Waals surface area contributed by atoms with E-state index in [4.69, 9.17) is 4.42 Å². The van der Waals surface area contributed by atoms with Crippen LogP contribution in [0.15, 0.2) is 33.5 Å². The first-order valence-corrected chi connectivity index (χ1v) is 8.37. The van der Waals surface area contributed by atoms with Gasteiger partial charge in [0.15, 0.2) is 0 Å². The van der Waals surface area contributed by atoms with E-state index < -0.39 is 5.60 Å². The van der Waals surface area contributed by atoms with Crippen molar-refractivity contribution in [2.24, 2.45) is 5.92 Å². The molecule has 1 atom stereocenters. The van der Waals surface area contributed by atoms with Crippen LogP contribution >= 0.6 is 0 Å². The Morgan fingerprint density at radius 1 is 1.35 bits per heavy atom. The van der Waals surface area contributed by atoms with Gasteiger partial charge in [0.1, 0.15) is 5.58 Å². The number of hydrogen-bond donors (Lipinski definition) is 1. The van der Waals surface area contributed by atoms with Crippen molar-refractivity contribution < 1.29 is 9.52 Å². The van der Waals surface area contributed by atoms with Crippen molar-refractivity contribution in [1.29, 1.82) is 0 Å². The molecule has 23 heavy (non-hydrogen) atoms. The van der Waals surface area contributed by atoms with E-state index in [1.54, 1.807) is 6.07 Å². The zero-order chi connectivity index (χ0) is 16.6. The van der Waals surface area contributed by atoms with Crippen molar-refractivity contribution in [2.75, 3.05) is 13.1 Å². The SMILES string of the molecule is CCc1ccc2oc(=O)cc(CN3CCC(C(C)(C)O)C3)c2c1. The molecule has 2 aromatic rings. The monoisotopic (exact) mass is 315 g/mol. The Balaban J connectivity index is 1.89. The highest BCUT2D eigenvalue weighted by molar-refractivity contribution is 5.80. The normalized spacial score (nSPS) is 19.6. The second-order valence-corrected chi connectivity index (χ2v) is 7.15. The van der Waals surface area contributed by atoms with Crippen molar-refractivity contribution >= 4 is 11.0 Å². The lowest BCUT2D eigenvalue weighted by atomic mass is 9.90. The summed E-state index contributed by atoms with van der Waals surface area (Å²) in [5.41, 5.74) is 1.96. The van der Waals surface area contributed by atoms with Gasteiger partial charge < -0.3 is 9.52 Å². The van der Waals surface area contributed by atoms with E-state index >= 15 is 0 Å². The Morgan fingerprint density at radius 2 is 2.13 bits per heavy atom. The maximum absolute atomic E-state index is 11.8. The molecule has 1 N–H and O–H groups in total. The summed E-state index contributed by atoms with van der Waals surface area (Å²) in [5.74, 6) is 0.278. The third kappa shape index (κ3) is 3.48. The quantitative estimate of drug-likeness (QED) is 0.881. The minimum Gasteiger partial charge on any atom is -0.423 e. The van der Waals surface area contributed by atoms with Crippen LogP contribution < -0.4 is 5.63 Å². The van der Waals surface area contributed by atoms with E-state index in [1.807, 2.05) is 26.0 Å². The second kappa shape index (κ2) is 6.10. The van der Waals surface area contributed by atoms with E-state index in [0.717, 1.165) is 43.4 Å². The van der Waals surface area contributed by atoms with Crippen LogP contribution in [0.25, 0.3) is 11.0 Å². The number of aryl methyl sites for hydroxylation is 1. The summed E-state index contributed by atoms with van der Waals surface area (Å²) in [6.45, 7) is 8.40. The first-order chi connectivity index (χ1) is 10.9. The Labute approximate surface area is 136 Å². The molecule has 0 amide bonds. The van der Waals surface area contributed by atoms with Crippen molar-refractivity contribution in [3.8, 4) is 0 Å². The van der Waals surface area contributed by atoms with Gasteiger partial charge in [-0.15, -0.1) is 0 Å². The molecule has 3 rings (SSSR count). The van der Waals surface area contributed by atoms with Gasteiger partial charge in [0.25, 0.3) is 0 Å². The van der Waals surface area contributed by atoms with Gasteiger partial charge in [-0.3, -0.25) is 4.90 Å². The van der Waals surface area contributed by atoms with Crippen molar-refractivity contribution in [2.45, 2.75) is 45.8 Å².